The summed E-state index contributed by atoms with van der Waals surface area (Å²) in [6.45, 7) is 3.56. The number of nitriles is 1. The third-order valence-electron chi connectivity index (χ3n) is 5.81. The van der Waals surface area contributed by atoms with Crippen molar-refractivity contribution in [1.29, 1.82) is 5.26 Å². The zero-order valence-electron chi connectivity index (χ0n) is 17.7. The van der Waals surface area contributed by atoms with E-state index in [1.165, 1.54) is 5.39 Å². The van der Waals surface area contributed by atoms with Crippen LogP contribution in [0.1, 0.15) is 29.0 Å². The van der Waals surface area contributed by atoms with Gasteiger partial charge in [0.1, 0.15) is 11.8 Å². The number of hydrogen-bond acceptors (Lipinski definition) is 7. The average molecular weight is 428 g/mol. The molecule has 7 heteroatoms. The molecule has 0 aliphatic carbocycles. The van der Waals surface area contributed by atoms with Crippen LogP contribution in [0.25, 0.3) is 10.8 Å². The molecule has 1 fully saturated rings. The molecule has 1 aliphatic heterocycles. The summed E-state index contributed by atoms with van der Waals surface area (Å²) in [7, 11) is 0. The van der Waals surface area contributed by atoms with E-state index in [-0.39, 0.29) is 11.7 Å². The van der Waals surface area contributed by atoms with Gasteiger partial charge >= 0.3 is 0 Å². The van der Waals surface area contributed by atoms with E-state index >= 15 is 0 Å². The Kier molecular flexibility index (Phi) is 5.88. The van der Waals surface area contributed by atoms with Crippen molar-refractivity contribution in [2.45, 2.75) is 12.5 Å². The largest absolute Gasteiger partial charge is 0.468 e. The molecule has 162 valence electrons. The fourth-order valence-corrected chi connectivity index (χ4v) is 4.21. The first-order valence-corrected chi connectivity index (χ1v) is 10.8. The smallest absolute Gasteiger partial charge is 0.232 e. The third kappa shape index (κ3) is 4.24. The topological polar surface area (TPSA) is 87.5 Å². The number of nitrogens with zero attached hydrogens (tertiary/aromatic N) is 3. The zero-order valence-corrected chi connectivity index (χ0v) is 17.7. The normalized spacial score (nSPS) is 15.5. The summed E-state index contributed by atoms with van der Waals surface area (Å²) in [5.41, 5.74) is 1.38. The lowest BCUT2D eigenvalue weighted by Gasteiger charge is -2.33. The standard InChI is InChI=1S/C25H24N4O3/c26-16-21-25(27-17-22(23-9-4-12-31-23)29-10-13-30-14-11-29)32-24(28-21)15-19-7-3-6-18-5-1-2-8-20(18)19/h1-9,12,22,27H,10-11,13-15,17H2/t22-/m1/s1. The highest BCUT2D eigenvalue weighted by Crippen LogP contribution is 2.26. The van der Waals surface area contributed by atoms with Crippen LogP contribution < -0.4 is 5.32 Å². The van der Waals surface area contributed by atoms with Crippen LogP contribution in [-0.2, 0) is 11.2 Å². The van der Waals surface area contributed by atoms with E-state index in [2.05, 4.69) is 45.5 Å². The maximum absolute atomic E-state index is 9.61. The van der Waals surface area contributed by atoms with E-state index in [9.17, 15) is 5.26 Å². The van der Waals surface area contributed by atoms with Gasteiger partial charge in [0.2, 0.25) is 17.5 Å². The van der Waals surface area contributed by atoms with Gasteiger partial charge in [-0.15, -0.1) is 0 Å². The van der Waals surface area contributed by atoms with Gasteiger partial charge in [0.15, 0.2) is 0 Å². The summed E-state index contributed by atoms with van der Waals surface area (Å²) in [6, 6.07) is 20.4. The molecule has 0 amide bonds. The number of oxazole rings is 1. The van der Waals surface area contributed by atoms with Gasteiger partial charge in [0, 0.05) is 19.6 Å². The first-order valence-electron chi connectivity index (χ1n) is 10.8. The number of benzene rings is 2. The third-order valence-corrected chi connectivity index (χ3v) is 5.81. The van der Waals surface area contributed by atoms with Gasteiger partial charge in [-0.25, -0.2) is 4.98 Å². The van der Waals surface area contributed by atoms with Crippen LogP contribution in [0.4, 0.5) is 5.88 Å². The fraction of sp³-hybridized carbons (Fsp3) is 0.280. The minimum Gasteiger partial charge on any atom is -0.468 e. The predicted molar refractivity (Wildman–Crippen MR) is 120 cm³/mol. The summed E-state index contributed by atoms with van der Waals surface area (Å²) in [4.78, 5) is 6.75. The van der Waals surface area contributed by atoms with Gasteiger partial charge < -0.3 is 18.9 Å². The van der Waals surface area contributed by atoms with Crippen LogP contribution in [0.15, 0.2) is 69.7 Å². The highest BCUT2D eigenvalue weighted by atomic mass is 16.5. The molecule has 3 heterocycles. The molecular weight excluding hydrogens is 404 g/mol. The average Bonchev–Trinajstić information content (AvgIpc) is 3.50. The molecule has 0 spiro atoms. The number of hydrogen-bond donors (Lipinski definition) is 1. The summed E-state index contributed by atoms with van der Waals surface area (Å²) in [6.07, 6.45) is 2.20. The number of ether oxygens (including phenoxy) is 1. The van der Waals surface area contributed by atoms with Gasteiger partial charge in [-0.05, 0) is 28.5 Å². The first kappa shape index (κ1) is 20.3. The van der Waals surface area contributed by atoms with Crippen LogP contribution in [0.3, 0.4) is 0 Å². The molecule has 0 bridgehead atoms. The monoisotopic (exact) mass is 428 g/mol. The molecule has 4 aromatic rings. The van der Waals surface area contributed by atoms with E-state index in [1.807, 2.05) is 30.3 Å². The number of anilines is 1. The molecule has 0 radical (unpaired) electrons. The molecule has 1 aliphatic rings. The minimum atomic E-state index is 0.00654. The van der Waals surface area contributed by atoms with Crippen molar-refractivity contribution in [3.8, 4) is 6.07 Å². The number of rotatable bonds is 7. The summed E-state index contributed by atoms with van der Waals surface area (Å²) in [5, 5.41) is 15.2. The molecule has 2 aromatic heterocycles. The van der Waals surface area contributed by atoms with E-state index in [0.717, 1.165) is 29.8 Å². The van der Waals surface area contributed by atoms with Crippen molar-refractivity contribution < 1.29 is 13.6 Å². The second-order valence-electron chi connectivity index (χ2n) is 7.77. The molecule has 7 nitrogen and oxygen atoms in total. The van der Waals surface area contributed by atoms with E-state index in [4.69, 9.17) is 13.6 Å². The molecule has 32 heavy (non-hydrogen) atoms. The Hall–Kier alpha value is -3.60. The molecule has 1 atom stereocenters. The number of furan rings is 1. The van der Waals surface area contributed by atoms with Crippen LogP contribution in [0, 0.1) is 11.3 Å². The Balaban J connectivity index is 1.35. The van der Waals surface area contributed by atoms with Crippen molar-refractivity contribution in [1.82, 2.24) is 9.88 Å². The second kappa shape index (κ2) is 9.27. The molecule has 2 aromatic carbocycles. The Morgan fingerprint density at radius 3 is 2.72 bits per heavy atom. The summed E-state index contributed by atoms with van der Waals surface area (Å²) in [5.74, 6) is 1.78. The molecular formula is C25H24N4O3. The van der Waals surface area contributed by atoms with E-state index in [1.54, 1.807) is 6.26 Å². The number of nitrogens with one attached hydrogen (secondary N) is 1. The number of morpholine rings is 1. The lowest BCUT2D eigenvalue weighted by Crippen LogP contribution is -2.41. The van der Waals surface area contributed by atoms with Crippen molar-refractivity contribution >= 4 is 16.7 Å². The number of aromatic nitrogens is 1. The predicted octanol–water partition coefficient (Wildman–Crippen LogP) is 4.37. The molecule has 0 unspecified atom stereocenters. The Morgan fingerprint density at radius 1 is 1.06 bits per heavy atom. The van der Waals surface area contributed by atoms with E-state index < -0.39 is 0 Å². The minimum absolute atomic E-state index is 0.00654. The lowest BCUT2D eigenvalue weighted by atomic mass is 10.0. The lowest BCUT2D eigenvalue weighted by molar-refractivity contribution is 0.0144. The SMILES string of the molecule is N#Cc1nc(Cc2cccc3ccccc23)oc1NC[C@H](c1ccco1)N1CCOCC1. The second-order valence-corrected chi connectivity index (χ2v) is 7.77. The van der Waals surface area contributed by atoms with Gasteiger partial charge in [0.05, 0.1) is 31.9 Å². The first-order chi connectivity index (χ1) is 15.8. The summed E-state index contributed by atoms with van der Waals surface area (Å²) < 4.78 is 17.2. The van der Waals surface area contributed by atoms with Gasteiger partial charge in [-0.3, -0.25) is 4.90 Å². The zero-order chi connectivity index (χ0) is 21.8. The molecule has 1 N–H and O–H groups in total. The van der Waals surface area contributed by atoms with Crippen molar-refractivity contribution in [2.75, 3.05) is 38.2 Å². The fourth-order valence-electron chi connectivity index (χ4n) is 4.21. The van der Waals surface area contributed by atoms with Crippen LogP contribution >= 0.6 is 0 Å². The maximum atomic E-state index is 9.61. The van der Waals surface area contributed by atoms with Gasteiger partial charge in [-0.1, -0.05) is 42.5 Å². The highest BCUT2D eigenvalue weighted by molar-refractivity contribution is 5.85. The van der Waals surface area contributed by atoms with Crippen LogP contribution in [0.5, 0.6) is 0 Å². The molecule has 0 saturated carbocycles. The Morgan fingerprint density at radius 2 is 1.91 bits per heavy atom. The van der Waals surface area contributed by atoms with Crippen LogP contribution in [-0.4, -0.2) is 42.7 Å². The maximum Gasteiger partial charge on any atom is 0.232 e. The molecule has 5 rings (SSSR count). The highest BCUT2D eigenvalue weighted by Gasteiger charge is 2.26. The van der Waals surface area contributed by atoms with Crippen LogP contribution in [0.2, 0.25) is 0 Å². The Labute approximate surface area is 186 Å². The van der Waals surface area contributed by atoms with E-state index in [0.29, 0.717) is 38.0 Å². The van der Waals surface area contributed by atoms with Gasteiger partial charge in [0.25, 0.3) is 0 Å². The molecule has 1 saturated heterocycles. The number of fused-ring (bicyclic) bond motifs is 1. The van der Waals surface area contributed by atoms with Crippen molar-refractivity contribution in [3.63, 3.8) is 0 Å². The van der Waals surface area contributed by atoms with Crippen molar-refractivity contribution in [2.24, 2.45) is 0 Å². The van der Waals surface area contributed by atoms with Crippen molar-refractivity contribution in [3.05, 3.63) is 83.8 Å². The van der Waals surface area contributed by atoms with Gasteiger partial charge in [-0.2, -0.15) is 5.26 Å². The summed E-state index contributed by atoms with van der Waals surface area (Å²) >= 11 is 0. The quantitative estimate of drug-likeness (QED) is 0.468. The Bertz CT molecular complexity index is 1210.